The summed E-state index contributed by atoms with van der Waals surface area (Å²) < 4.78 is 0. The minimum absolute atomic E-state index is 0.185. The Bertz CT molecular complexity index is 871. The van der Waals surface area contributed by atoms with E-state index >= 15 is 0 Å². The van der Waals surface area contributed by atoms with Gasteiger partial charge < -0.3 is 20.8 Å². The van der Waals surface area contributed by atoms with Crippen LogP contribution in [0.15, 0.2) is 12.2 Å². The molecule has 1 rings (SSSR count). The zero-order valence-corrected chi connectivity index (χ0v) is 25.1. The Labute approximate surface area is 249 Å². The van der Waals surface area contributed by atoms with Gasteiger partial charge in [-0.3, -0.25) is 28.9 Å². The second-order valence-corrected chi connectivity index (χ2v) is 11.1. The number of nitrogens with one attached hydrogen (secondary N) is 2. The van der Waals surface area contributed by atoms with E-state index in [-0.39, 0.29) is 49.4 Å². The van der Waals surface area contributed by atoms with Crippen molar-refractivity contribution in [2.24, 2.45) is 0 Å². The zero-order valence-electron chi connectivity index (χ0n) is 25.1. The van der Waals surface area contributed by atoms with Crippen LogP contribution >= 0.6 is 0 Å². The summed E-state index contributed by atoms with van der Waals surface area (Å²) in [6.45, 7) is 0.121. The molecule has 0 spiro atoms. The average Bonchev–Trinajstić information content (AvgIpc) is 3.26. The van der Waals surface area contributed by atoms with Crippen molar-refractivity contribution >= 4 is 35.6 Å². The first-order valence-electron chi connectivity index (χ1n) is 15.7. The van der Waals surface area contributed by atoms with Gasteiger partial charge in [0.25, 0.3) is 11.8 Å². The standard InChI is InChI=1S/C31H51N3O8/c35-26(18-15-13-17-23-34-28(37)21-22-29(34)38)32-24-25(31(41)42)33-27(36)19-14-11-9-7-5-3-1-2-4-6-8-10-12-16-20-30(39)40/h21-22,25H,1-20,23-24H2,(H,32,35)(H,33,36)(H,39,40)(H,41,42)/t25-/m0/s1. The zero-order chi connectivity index (χ0) is 31.0. The van der Waals surface area contributed by atoms with Crippen LogP contribution in [-0.4, -0.2) is 69.8 Å². The summed E-state index contributed by atoms with van der Waals surface area (Å²) in [5.41, 5.74) is 0. The van der Waals surface area contributed by atoms with Crippen LogP contribution in [0, 0.1) is 0 Å². The third kappa shape index (κ3) is 19.0. The molecule has 1 aliphatic heterocycles. The fourth-order valence-corrected chi connectivity index (χ4v) is 4.84. The predicted octanol–water partition coefficient (Wildman–Crippen LogP) is 4.48. The van der Waals surface area contributed by atoms with Crippen molar-refractivity contribution in [3.63, 3.8) is 0 Å². The lowest BCUT2D eigenvalue weighted by molar-refractivity contribution is -0.142. The van der Waals surface area contributed by atoms with Crippen molar-refractivity contribution in [3.05, 3.63) is 12.2 Å². The van der Waals surface area contributed by atoms with Gasteiger partial charge in [-0.25, -0.2) is 4.79 Å². The molecule has 11 heteroatoms. The van der Waals surface area contributed by atoms with Crippen molar-refractivity contribution < 1.29 is 39.0 Å². The van der Waals surface area contributed by atoms with Crippen LogP contribution in [0.25, 0.3) is 0 Å². The summed E-state index contributed by atoms with van der Waals surface area (Å²) >= 11 is 0. The van der Waals surface area contributed by atoms with Gasteiger partial charge in [-0.15, -0.1) is 0 Å². The molecule has 1 aliphatic rings. The summed E-state index contributed by atoms with van der Waals surface area (Å²) in [6.07, 6.45) is 20.2. The van der Waals surface area contributed by atoms with Gasteiger partial charge in [0.2, 0.25) is 11.8 Å². The van der Waals surface area contributed by atoms with Gasteiger partial charge in [-0.1, -0.05) is 83.5 Å². The van der Waals surface area contributed by atoms with Gasteiger partial charge in [-0.05, 0) is 25.7 Å². The average molecular weight is 594 g/mol. The third-order valence-corrected chi connectivity index (χ3v) is 7.37. The first-order valence-corrected chi connectivity index (χ1v) is 15.7. The van der Waals surface area contributed by atoms with Gasteiger partial charge >= 0.3 is 11.9 Å². The van der Waals surface area contributed by atoms with Gasteiger partial charge in [0.05, 0.1) is 0 Å². The summed E-state index contributed by atoms with van der Waals surface area (Å²) in [5, 5.41) is 23.1. The second-order valence-electron chi connectivity index (χ2n) is 11.1. The van der Waals surface area contributed by atoms with E-state index in [4.69, 9.17) is 5.11 Å². The quantitative estimate of drug-likeness (QED) is 0.0798. The number of carboxylic acid groups (broad SMARTS) is 2. The molecule has 0 fully saturated rings. The molecular weight excluding hydrogens is 542 g/mol. The molecule has 42 heavy (non-hydrogen) atoms. The lowest BCUT2D eigenvalue weighted by atomic mass is 10.0. The molecule has 1 heterocycles. The van der Waals surface area contributed by atoms with Crippen LogP contribution in [0.2, 0.25) is 0 Å². The number of carbonyl (C=O) groups excluding carboxylic acids is 4. The Morgan fingerprint density at radius 2 is 1.00 bits per heavy atom. The molecule has 1 atom stereocenters. The molecule has 4 N–H and O–H groups in total. The van der Waals surface area contributed by atoms with Crippen LogP contribution in [-0.2, 0) is 28.8 Å². The highest BCUT2D eigenvalue weighted by atomic mass is 16.4. The molecule has 0 unspecified atom stereocenters. The van der Waals surface area contributed by atoms with Crippen LogP contribution in [0.1, 0.15) is 128 Å². The number of aliphatic carboxylic acids is 2. The van der Waals surface area contributed by atoms with E-state index in [1.54, 1.807) is 0 Å². The maximum atomic E-state index is 12.2. The van der Waals surface area contributed by atoms with E-state index in [0.29, 0.717) is 32.2 Å². The highest BCUT2D eigenvalue weighted by Crippen LogP contribution is 2.14. The Morgan fingerprint density at radius 1 is 0.595 bits per heavy atom. The number of amides is 4. The predicted molar refractivity (Wildman–Crippen MR) is 158 cm³/mol. The first-order chi connectivity index (χ1) is 20.2. The normalized spacial score (nSPS) is 13.4. The maximum absolute atomic E-state index is 12.2. The van der Waals surface area contributed by atoms with Crippen LogP contribution in [0.5, 0.6) is 0 Å². The van der Waals surface area contributed by atoms with E-state index in [0.717, 1.165) is 43.4 Å². The number of imide groups is 1. The van der Waals surface area contributed by atoms with Crippen molar-refractivity contribution in [2.45, 2.75) is 134 Å². The highest BCUT2D eigenvalue weighted by Gasteiger charge is 2.22. The maximum Gasteiger partial charge on any atom is 0.328 e. The summed E-state index contributed by atoms with van der Waals surface area (Å²) in [6, 6.07) is -1.18. The summed E-state index contributed by atoms with van der Waals surface area (Å²) in [7, 11) is 0. The minimum Gasteiger partial charge on any atom is -0.481 e. The fraction of sp³-hybridized carbons (Fsp3) is 0.742. The van der Waals surface area contributed by atoms with Gasteiger partial charge in [0.15, 0.2) is 0 Å². The van der Waals surface area contributed by atoms with Gasteiger partial charge in [-0.2, -0.15) is 0 Å². The number of nitrogens with zero attached hydrogens (tertiary/aromatic N) is 1. The van der Waals surface area contributed by atoms with Crippen molar-refractivity contribution in [3.8, 4) is 0 Å². The molecule has 0 aliphatic carbocycles. The van der Waals surface area contributed by atoms with Crippen molar-refractivity contribution in [1.29, 1.82) is 0 Å². The molecule has 0 radical (unpaired) electrons. The summed E-state index contributed by atoms with van der Waals surface area (Å²) in [5.74, 6) is -3.21. The molecule has 0 aromatic carbocycles. The van der Waals surface area contributed by atoms with E-state index in [1.165, 1.54) is 57.1 Å². The second kappa shape index (κ2) is 23.3. The molecule has 4 amide bonds. The fourth-order valence-electron chi connectivity index (χ4n) is 4.84. The summed E-state index contributed by atoms with van der Waals surface area (Å²) in [4.78, 5) is 70.4. The number of hydrogen-bond acceptors (Lipinski definition) is 6. The Hall–Kier alpha value is -3.24. The number of carboxylic acids is 2. The van der Waals surface area contributed by atoms with Crippen LogP contribution in [0.3, 0.4) is 0 Å². The molecule has 0 saturated heterocycles. The van der Waals surface area contributed by atoms with E-state index in [9.17, 15) is 33.9 Å². The largest absolute Gasteiger partial charge is 0.481 e. The molecule has 0 saturated carbocycles. The van der Waals surface area contributed by atoms with Crippen molar-refractivity contribution in [2.75, 3.05) is 13.1 Å². The third-order valence-electron chi connectivity index (χ3n) is 7.37. The Balaban J connectivity index is 1.97. The molecule has 11 nitrogen and oxygen atoms in total. The van der Waals surface area contributed by atoms with E-state index in [1.807, 2.05) is 0 Å². The molecule has 0 aromatic rings. The Kier molecular flexibility index (Phi) is 20.4. The van der Waals surface area contributed by atoms with E-state index < -0.39 is 18.0 Å². The molecule has 0 bridgehead atoms. The van der Waals surface area contributed by atoms with Gasteiger partial charge in [0, 0.05) is 44.5 Å². The van der Waals surface area contributed by atoms with E-state index in [2.05, 4.69) is 10.6 Å². The Morgan fingerprint density at radius 3 is 1.45 bits per heavy atom. The lowest BCUT2D eigenvalue weighted by Crippen LogP contribution is -2.48. The van der Waals surface area contributed by atoms with Crippen LogP contribution < -0.4 is 10.6 Å². The molecule has 0 aromatic heterocycles. The topological polar surface area (TPSA) is 170 Å². The number of carbonyl (C=O) groups is 6. The SMILES string of the molecule is O=C(O)CCCCCCCCCCCCCCCCC(=O)N[C@@H](CNC(=O)CCCCCN1C(=O)C=CC1=O)C(=O)O. The lowest BCUT2D eigenvalue weighted by Gasteiger charge is -2.15. The smallest absolute Gasteiger partial charge is 0.328 e. The molecular formula is C31H51N3O8. The van der Waals surface area contributed by atoms with Gasteiger partial charge in [0.1, 0.15) is 6.04 Å². The minimum atomic E-state index is -1.20. The van der Waals surface area contributed by atoms with Crippen LogP contribution in [0.4, 0.5) is 0 Å². The number of rotatable bonds is 27. The number of hydrogen-bond donors (Lipinski definition) is 4. The first kappa shape index (κ1) is 36.8. The monoisotopic (exact) mass is 593 g/mol. The molecule has 238 valence electrons. The van der Waals surface area contributed by atoms with Crippen molar-refractivity contribution in [1.82, 2.24) is 15.5 Å². The highest BCUT2D eigenvalue weighted by molar-refractivity contribution is 6.12. The number of unbranched alkanes of at least 4 members (excludes halogenated alkanes) is 15.